The monoisotopic (exact) mass is 439 g/mol. The maximum atomic E-state index is 12.6. The molecule has 8 heteroatoms. The molecule has 2 aromatic rings. The molecule has 0 bridgehead atoms. The van der Waals surface area contributed by atoms with Crippen molar-refractivity contribution < 1.29 is 19.1 Å². The molecular formula is C23H25N3O4S. The second kappa shape index (κ2) is 10.7. The number of carbonyl (C=O) groups is 2. The molecule has 2 aromatic carbocycles. The van der Waals surface area contributed by atoms with E-state index in [-0.39, 0.29) is 18.3 Å². The Labute approximate surface area is 185 Å². The van der Waals surface area contributed by atoms with E-state index in [1.54, 1.807) is 26.2 Å². The number of ether oxygens (including phenoxy) is 2. The van der Waals surface area contributed by atoms with E-state index < -0.39 is 12.0 Å². The van der Waals surface area contributed by atoms with Gasteiger partial charge in [-0.1, -0.05) is 48.2 Å². The van der Waals surface area contributed by atoms with E-state index in [4.69, 9.17) is 14.5 Å². The van der Waals surface area contributed by atoms with E-state index >= 15 is 0 Å². The Bertz CT molecular complexity index is 1000. The summed E-state index contributed by atoms with van der Waals surface area (Å²) in [5.74, 6) is 0.260. The second-order valence-electron chi connectivity index (χ2n) is 6.70. The average Bonchev–Trinajstić information content (AvgIpc) is 2.78. The van der Waals surface area contributed by atoms with Gasteiger partial charge in [-0.25, -0.2) is 9.79 Å². The number of nitrogens with zero attached hydrogens (tertiary/aromatic N) is 1. The average molecular weight is 440 g/mol. The molecule has 0 unspecified atom stereocenters. The number of hydrogen-bond acceptors (Lipinski definition) is 7. The fraction of sp³-hybridized carbons (Fsp3) is 0.261. The Morgan fingerprint density at radius 2 is 1.94 bits per heavy atom. The van der Waals surface area contributed by atoms with Gasteiger partial charge in [0.2, 0.25) is 5.91 Å². The first-order chi connectivity index (χ1) is 15.0. The van der Waals surface area contributed by atoms with E-state index in [1.807, 2.05) is 49.4 Å². The number of esters is 1. The van der Waals surface area contributed by atoms with Crippen LogP contribution in [0.4, 0.5) is 5.69 Å². The Morgan fingerprint density at radius 1 is 1.16 bits per heavy atom. The minimum Gasteiger partial charge on any atom is -0.497 e. The number of benzene rings is 2. The number of anilines is 1. The number of aliphatic imine (C=N–C) groups is 1. The van der Waals surface area contributed by atoms with Gasteiger partial charge in [0.25, 0.3) is 0 Å². The number of rotatable bonds is 7. The van der Waals surface area contributed by atoms with Crippen LogP contribution in [0.3, 0.4) is 0 Å². The summed E-state index contributed by atoms with van der Waals surface area (Å²) in [6.45, 7) is 3.87. The maximum absolute atomic E-state index is 12.6. The van der Waals surface area contributed by atoms with Crippen molar-refractivity contribution in [1.29, 1.82) is 0 Å². The fourth-order valence-corrected chi connectivity index (χ4v) is 3.85. The number of carbonyl (C=O) groups excluding carboxylic acids is 2. The first-order valence-corrected chi connectivity index (χ1v) is 10.8. The summed E-state index contributed by atoms with van der Waals surface area (Å²) in [4.78, 5) is 29.7. The lowest BCUT2D eigenvalue weighted by molar-refractivity contribution is -0.139. The van der Waals surface area contributed by atoms with E-state index in [1.165, 1.54) is 11.8 Å². The fourth-order valence-electron chi connectivity index (χ4n) is 3.10. The standard InChI is InChI=1S/C23H25N3O4S/c1-4-30-22(28)20-15(2)24-23(26-21(20)16-9-6-5-7-10-16)31-14-19(27)25-17-11-8-12-18(13-17)29-3/h5-13,21H,4,14H2,1-3H3,(H,24,26)(H,25,27)/t21-/m1/s1. The molecule has 0 saturated heterocycles. The van der Waals surface area contributed by atoms with Crippen molar-refractivity contribution in [3.8, 4) is 5.75 Å². The zero-order valence-corrected chi connectivity index (χ0v) is 18.5. The van der Waals surface area contributed by atoms with Gasteiger partial charge in [0, 0.05) is 17.5 Å². The zero-order chi connectivity index (χ0) is 22.2. The van der Waals surface area contributed by atoms with E-state index in [9.17, 15) is 9.59 Å². The molecule has 0 aromatic heterocycles. The topological polar surface area (TPSA) is 89.0 Å². The summed E-state index contributed by atoms with van der Waals surface area (Å²) in [7, 11) is 1.58. The van der Waals surface area contributed by atoms with Gasteiger partial charge in [0.05, 0.1) is 25.0 Å². The number of allylic oxidation sites excluding steroid dienone is 1. The minimum atomic E-state index is -0.495. The van der Waals surface area contributed by atoms with Crippen LogP contribution in [-0.2, 0) is 14.3 Å². The van der Waals surface area contributed by atoms with Crippen LogP contribution in [-0.4, -0.2) is 36.5 Å². The summed E-state index contributed by atoms with van der Waals surface area (Å²) in [5, 5.41) is 6.55. The number of hydrogen-bond donors (Lipinski definition) is 2. The van der Waals surface area contributed by atoms with Crippen molar-refractivity contribution in [2.24, 2.45) is 4.99 Å². The van der Waals surface area contributed by atoms with Crippen LogP contribution in [0.2, 0.25) is 0 Å². The maximum Gasteiger partial charge on any atom is 0.338 e. The highest BCUT2D eigenvalue weighted by molar-refractivity contribution is 8.14. The van der Waals surface area contributed by atoms with Gasteiger partial charge in [-0.05, 0) is 31.5 Å². The summed E-state index contributed by atoms with van der Waals surface area (Å²) >= 11 is 1.27. The lowest BCUT2D eigenvalue weighted by atomic mass is 9.97. The lowest BCUT2D eigenvalue weighted by Crippen LogP contribution is -2.31. The van der Waals surface area contributed by atoms with Gasteiger partial charge in [-0.15, -0.1) is 0 Å². The van der Waals surface area contributed by atoms with Gasteiger partial charge >= 0.3 is 5.97 Å². The predicted molar refractivity (Wildman–Crippen MR) is 123 cm³/mol. The molecular weight excluding hydrogens is 414 g/mol. The van der Waals surface area contributed by atoms with E-state index in [0.717, 1.165) is 5.56 Å². The first-order valence-electron chi connectivity index (χ1n) is 9.86. The van der Waals surface area contributed by atoms with Crippen LogP contribution in [0.25, 0.3) is 0 Å². The molecule has 1 atom stereocenters. The number of methoxy groups -OCH3 is 1. The van der Waals surface area contributed by atoms with Gasteiger partial charge in [0.15, 0.2) is 5.17 Å². The highest BCUT2D eigenvalue weighted by Crippen LogP contribution is 2.32. The molecule has 162 valence electrons. The van der Waals surface area contributed by atoms with Crippen molar-refractivity contribution >= 4 is 34.5 Å². The molecule has 0 fully saturated rings. The third-order valence-electron chi connectivity index (χ3n) is 4.52. The Hall–Kier alpha value is -3.26. The summed E-state index contributed by atoms with van der Waals surface area (Å²) in [6.07, 6.45) is 0. The molecule has 0 spiro atoms. The number of thioether (sulfide) groups is 1. The SMILES string of the molecule is CCOC(=O)C1=C(C)NC(SCC(=O)Nc2cccc(OC)c2)=N[C@@H]1c1ccccc1. The van der Waals surface area contributed by atoms with Crippen molar-refractivity contribution in [3.05, 3.63) is 71.4 Å². The predicted octanol–water partition coefficient (Wildman–Crippen LogP) is 3.90. The molecule has 1 heterocycles. The molecule has 7 nitrogen and oxygen atoms in total. The van der Waals surface area contributed by atoms with Gasteiger partial charge in [-0.3, -0.25) is 4.79 Å². The molecule has 0 radical (unpaired) electrons. The second-order valence-corrected chi connectivity index (χ2v) is 7.66. The van der Waals surface area contributed by atoms with Crippen LogP contribution in [0.15, 0.2) is 70.9 Å². The summed E-state index contributed by atoms with van der Waals surface area (Å²) < 4.78 is 10.4. The van der Waals surface area contributed by atoms with Gasteiger partial charge < -0.3 is 20.1 Å². The van der Waals surface area contributed by atoms with Crippen molar-refractivity contribution in [2.75, 3.05) is 24.8 Å². The molecule has 1 aliphatic heterocycles. The molecule has 31 heavy (non-hydrogen) atoms. The quantitative estimate of drug-likeness (QED) is 0.636. The Morgan fingerprint density at radius 3 is 2.65 bits per heavy atom. The van der Waals surface area contributed by atoms with E-state index in [2.05, 4.69) is 10.6 Å². The number of nitrogens with one attached hydrogen (secondary N) is 2. The molecule has 1 amide bonds. The minimum absolute atomic E-state index is 0.159. The molecule has 0 saturated carbocycles. The molecule has 0 aliphatic carbocycles. The third-order valence-corrected chi connectivity index (χ3v) is 5.41. The van der Waals surface area contributed by atoms with Gasteiger partial charge in [-0.2, -0.15) is 0 Å². The largest absolute Gasteiger partial charge is 0.497 e. The zero-order valence-electron chi connectivity index (χ0n) is 17.7. The molecule has 3 rings (SSSR count). The molecule has 2 N–H and O–H groups in total. The highest BCUT2D eigenvalue weighted by Gasteiger charge is 2.30. The summed E-state index contributed by atoms with van der Waals surface area (Å²) in [6, 6.07) is 16.2. The van der Waals surface area contributed by atoms with Crippen molar-refractivity contribution in [2.45, 2.75) is 19.9 Å². The Balaban J connectivity index is 1.72. The van der Waals surface area contributed by atoms with Crippen molar-refractivity contribution in [3.63, 3.8) is 0 Å². The van der Waals surface area contributed by atoms with Gasteiger partial charge in [0.1, 0.15) is 11.8 Å². The summed E-state index contributed by atoms with van der Waals surface area (Å²) in [5.41, 5.74) is 2.67. The lowest BCUT2D eigenvalue weighted by Gasteiger charge is -2.25. The number of amides is 1. The highest BCUT2D eigenvalue weighted by atomic mass is 32.2. The smallest absolute Gasteiger partial charge is 0.338 e. The normalized spacial score (nSPS) is 15.6. The van der Waals surface area contributed by atoms with E-state index in [0.29, 0.717) is 27.9 Å². The Kier molecular flexibility index (Phi) is 7.72. The van der Waals surface area contributed by atoms with Crippen LogP contribution in [0, 0.1) is 0 Å². The van der Waals surface area contributed by atoms with Crippen LogP contribution in [0.5, 0.6) is 5.75 Å². The van der Waals surface area contributed by atoms with Crippen molar-refractivity contribution in [1.82, 2.24) is 5.32 Å². The number of amidine groups is 1. The van der Waals surface area contributed by atoms with Crippen LogP contribution in [0.1, 0.15) is 25.5 Å². The van der Waals surface area contributed by atoms with Crippen LogP contribution >= 0.6 is 11.8 Å². The third kappa shape index (κ3) is 5.88. The molecule has 1 aliphatic rings. The van der Waals surface area contributed by atoms with Crippen LogP contribution < -0.4 is 15.4 Å². The first kappa shape index (κ1) is 22.4.